The number of allylic oxidation sites excluding steroid dienone is 1. The number of ether oxygens (including phenoxy) is 1. The normalized spacial score (nSPS) is 15.9. The number of hydrogen-bond donors (Lipinski definition) is 0. The van der Waals surface area contributed by atoms with Crippen molar-refractivity contribution in [2.75, 3.05) is 6.61 Å². The van der Waals surface area contributed by atoms with Crippen molar-refractivity contribution in [3.8, 4) is 0 Å². The molecule has 0 aromatic heterocycles. The van der Waals surface area contributed by atoms with Crippen LogP contribution in [0.15, 0.2) is 28.0 Å². The van der Waals surface area contributed by atoms with E-state index in [2.05, 4.69) is 4.74 Å². The van der Waals surface area contributed by atoms with Crippen molar-refractivity contribution in [1.29, 1.82) is 0 Å². The van der Waals surface area contributed by atoms with Gasteiger partial charge in [-0.2, -0.15) is 0 Å². The number of rotatable bonds is 3. The van der Waals surface area contributed by atoms with Crippen molar-refractivity contribution in [2.24, 2.45) is 0 Å². The van der Waals surface area contributed by atoms with Gasteiger partial charge in [-0.15, -0.1) is 0 Å². The third-order valence-corrected chi connectivity index (χ3v) is 5.11. The molecule has 0 N–H and O–H groups in total. The Morgan fingerprint density at radius 3 is 2.55 bits per heavy atom. The number of carbonyl (C=O) groups is 2. The summed E-state index contributed by atoms with van der Waals surface area (Å²) >= 11 is 5.83. The quantitative estimate of drug-likeness (QED) is 0.630. The molecule has 106 valence electrons. The zero-order chi connectivity index (χ0) is 15.1. The molecular weight excluding hydrogens is 304 g/mol. The Morgan fingerprint density at radius 2 is 1.95 bits per heavy atom. The van der Waals surface area contributed by atoms with Crippen LogP contribution in [0.3, 0.4) is 0 Å². The molecule has 1 aliphatic heterocycles. The maximum absolute atomic E-state index is 12.3. The van der Waals surface area contributed by atoms with E-state index in [-0.39, 0.29) is 17.1 Å². The summed E-state index contributed by atoms with van der Waals surface area (Å²) in [5.74, 6) is -2.33. The number of Topliss-reactive ketones (excluding diaryl/α,β-unsaturated/α-hetero) is 1. The van der Waals surface area contributed by atoms with Crippen LogP contribution in [0.2, 0.25) is 5.02 Å². The molecule has 0 unspecified atom stereocenters. The number of hydrogen-bond acceptors (Lipinski definition) is 5. The van der Waals surface area contributed by atoms with Crippen LogP contribution >= 0.6 is 11.6 Å². The summed E-state index contributed by atoms with van der Waals surface area (Å²) < 4.78 is 29.2. The zero-order valence-corrected chi connectivity index (χ0v) is 12.3. The van der Waals surface area contributed by atoms with E-state index in [0.717, 1.165) is 0 Å². The van der Waals surface area contributed by atoms with Crippen LogP contribution in [-0.4, -0.2) is 26.8 Å². The third kappa shape index (κ3) is 2.14. The smallest absolute Gasteiger partial charge is 0.380 e. The fourth-order valence-corrected chi connectivity index (χ4v) is 4.03. The third-order valence-electron chi connectivity index (χ3n) is 2.91. The maximum atomic E-state index is 12.3. The molecule has 0 saturated heterocycles. The molecule has 1 aromatic rings. The van der Waals surface area contributed by atoms with E-state index < -0.39 is 26.5 Å². The predicted octanol–water partition coefficient (Wildman–Crippen LogP) is 1.99. The Bertz CT molecular complexity index is 746. The van der Waals surface area contributed by atoms with Gasteiger partial charge >= 0.3 is 5.97 Å². The highest BCUT2D eigenvalue weighted by Gasteiger charge is 2.40. The van der Waals surface area contributed by atoms with Gasteiger partial charge in [0.15, 0.2) is 0 Å². The van der Waals surface area contributed by atoms with Gasteiger partial charge in [-0.05, 0) is 43.2 Å². The Balaban J connectivity index is 2.61. The van der Waals surface area contributed by atoms with Crippen LogP contribution in [-0.2, 0) is 24.2 Å². The summed E-state index contributed by atoms with van der Waals surface area (Å²) in [5, 5.41) is 0.350. The number of halogens is 1. The standard InChI is InChI=1S/C13H11ClO5S/c1-3-19-13(16)11(15)12-7(2)9-6-8(14)4-5-10(9)20(12,17)18/h4-6H,3H2,1-2H3. The van der Waals surface area contributed by atoms with Crippen molar-refractivity contribution in [2.45, 2.75) is 18.7 Å². The minimum atomic E-state index is -4.00. The first-order chi connectivity index (χ1) is 9.30. The molecule has 0 bridgehead atoms. The summed E-state index contributed by atoms with van der Waals surface area (Å²) in [6, 6.07) is 4.19. The van der Waals surface area contributed by atoms with Gasteiger partial charge in [0, 0.05) is 5.02 Å². The molecule has 0 fully saturated rings. The summed E-state index contributed by atoms with van der Waals surface area (Å²) in [7, 11) is -4.00. The molecule has 0 saturated carbocycles. The number of ketones is 1. The Hall–Kier alpha value is -1.66. The zero-order valence-electron chi connectivity index (χ0n) is 10.8. The van der Waals surface area contributed by atoms with E-state index >= 15 is 0 Å². The van der Waals surface area contributed by atoms with E-state index in [9.17, 15) is 18.0 Å². The van der Waals surface area contributed by atoms with Gasteiger partial charge in [-0.25, -0.2) is 13.2 Å². The highest BCUT2D eigenvalue weighted by molar-refractivity contribution is 7.97. The lowest BCUT2D eigenvalue weighted by atomic mass is 10.1. The average molecular weight is 315 g/mol. The van der Waals surface area contributed by atoms with Crippen LogP contribution in [0.1, 0.15) is 19.4 Å². The molecule has 0 aliphatic carbocycles. The summed E-state index contributed by atoms with van der Waals surface area (Å²) in [4.78, 5) is 22.9. The largest absolute Gasteiger partial charge is 0.460 e. The molecule has 2 rings (SSSR count). The van der Waals surface area contributed by atoms with Crippen molar-refractivity contribution < 1.29 is 22.7 Å². The first-order valence-electron chi connectivity index (χ1n) is 5.78. The summed E-state index contributed by atoms with van der Waals surface area (Å²) in [6.07, 6.45) is 0. The van der Waals surface area contributed by atoms with Crippen LogP contribution in [0.5, 0.6) is 0 Å². The lowest BCUT2D eigenvalue weighted by Crippen LogP contribution is -2.23. The second-order valence-corrected chi connectivity index (χ2v) is 6.44. The molecule has 0 radical (unpaired) electrons. The van der Waals surface area contributed by atoms with E-state index in [1.54, 1.807) is 0 Å². The first kappa shape index (κ1) is 14.7. The SMILES string of the molecule is CCOC(=O)C(=O)C1=C(C)c2cc(Cl)ccc2S1(=O)=O. The van der Waals surface area contributed by atoms with Gasteiger partial charge in [0.05, 0.1) is 11.5 Å². The summed E-state index contributed by atoms with van der Waals surface area (Å²) in [6.45, 7) is 2.99. The molecule has 0 amide bonds. The molecule has 1 aliphatic rings. The molecule has 0 atom stereocenters. The highest BCUT2D eigenvalue weighted by Crippen LogP contribution is 2.40. The Kier molecular flexibility index (Phi) is 3.71. The van der Waals surface area contributed by atoms with E-state index in [1.165, 1.54) is 32.0 Å². The van der Waals surface area contributed by atoms with Gasteiger partial charge in [0.25, 0.3) is 5.78 Å². The maximum Gasteiger partial charge on any atom is 0.380 e. The van der Waals surface area contributed by atoms with Gasteiger partial charge in [0.2, 0.25) is 9.84 Å². The topological polar surface area (TPSA) is 77.5 Å². The fraction of sp³-hybridized carbons (Fsp3) is 0.231. The fourth-order valence-electron chi connectivity index (χ4n) is 2.05. The molecule has 0 spiro atoms. The van der Waals surface area contributed by atoms with Gasteiger partial charge in [-0.3, -0.25) is 4.79 Å². The number of benzene rings is 1. The molecular formula is C13H11ClO5S. The number of carbonyl (C=O) groups excluding carboxylic acids is 2. The Morgan fingerprint density at radius 1 is 1.30 bits per heavy atom. The number of fused-ring (bicyclic) bond motifs is 1. The average Bonchev–Trinajstić information content (AvgIpc) is 2.56. The van der Waals surface area contributed by atoms with Gasteiger partial charge in [0.1, 0.15) is 4.91 Å². The molecule has 7 heteroatoms. The van der Waals surface area contributed by atoms with Crippen LogP contribution in [0.25, 0.3) is 5.57 Å². The van der Waals surface area contributed by atoms with E-state index in [0.29, 0.717) is 10.6 Å². The lowest BCUT2D eigenvalue weighted by Gasteiger charge is -2.03. The second-order valence-electron chi connectivity index (χ2n) is 4.15. The van der Waals surface area contributed by atoms with Crippen molar-refractivity contribution in [3.63, 3.8) is 0 Å². The van der Waals surface area contributed by atoms with Crippen LogP contribution in [0, 0.1) is 0 Å². The predicted molar refractivity (Wildman–Crippen MR) is 72.9 cm³/mol. The van der Waals surface area contributed by atoms with Crippen LogP contribution in [0.4, 0.5) is 0 Å². The van der Waals surface area contributed by atoms with Crippen molar-refractivity contribution >= 4 is 38.8 Å². The lowest BCUT2D eigenvalue weighted by molar-refractivity contribution is -0.151. The van der Waals surface area contributed by atoms with E-state index in [4.69, 9.17) is 11.6 Å². The Labute approximate surface area is 121 Å². The van der Waals surface area contributed by atoms with Crippen molar-refractivity contribution in [3.05, 3.63) is 33.7 Å². The number of esters is 1. The molecule has 20 heavy (non-hydrogen) atoms. The van der Waals surface area contributed by atoms with Gasteiger partial charge in [-0.1, -0.05) is 11.6 Å². The summed E-state index contributed by atoms with van der Waals surface area (Å²) in [5.41, 5.74) is 0.547. The minimum absolute atomic E-state index is 0.00424. The second kappa shape index (κ2) is 5.03. The van der Waals surface area contributed by atoms with Crippen molar-refractivity contribution in [1.82, 2.24) is 0 Å². The number of sulfone groups is 1. The molecule has 5 nitrogen and oxygen atoms in total. The van der Waals surface area contributed by atoms with Gasteiger partial charge < -0.3 is 4.74 Å². The molecule has 1 heterocycles. The van der Waals surface area contributed by atoms with E-state index in [1.807, 2.05) is 0 Å². The van der Waals surface area contributed by atoms with Crippen LogP contribution < -0.4 is 0 Å². The molecule has 1 aromatic carbocycles. The highest BCUT2D eigenvalue weighted by atomic mass is 35.5. The first-order valence-corrected chi connectivity index (χ1v) is 7.64. The minimum Gasteiger partial charge on any atom is -0.460 e. The monoisotopic (exact) mass is 314 g/mol.